The summed E-state index contributed by atoms with van der Waals surface area (Å²) in [5.74, 6) is 0.887. The van der Waals surface area contributed by atoms with Gasteiger partial charge < -0.3 is 29.5 Å². The quantitative estimate of drug-likeness (QED) is 0.657. The van der Waals surface area contributed by atoms with Crippen molar-refractivity contribution in [1.82, 2.24) is 4.90 Å². The molecule has 0 saturated carbocycles. The number of rotatable bonds is 8. The highest BCUT2D eigenvalue weighted by atomic mass is 16.5. The summed E-state index contributed by atoms with van der Waals surface area (Å²) in [4.78, 5) is 26.2. The summed E-state index contributed by atoms with van der Waals surface area (Å²) in [6.45, 7) is 5.11. The molecule has 8 nitrogen and oxygen atoms in total. The molecule has 1 aliphatic rings. The first-order chi connectivity index (χ1) is 15.0. The lowest BCUT2D eigenvalue weighted by atomic mass is 9.90. The zero-order chi connectivity index (χ0) is 22.4. The van der Waals surface area contributed by atoms with E-state index in [-0.39, 0.29) is 12.5 Å². The number of fused-ring (bicyclic) bond motifs is 1. The van der Waals surface area contributed by atoms with Crippen LogP contribution in [0.3, 0.4) is 0 Å². The van der Waals surface area contributed by atoms with Gasteiger partial charge >= 0.3 is 12.0 Å². The van der Waals surface area contributed by atoms with Gasteiger partial charge in [-0.1, -0.05) is 0 Å². The number of carbonyl (C=O) groups is 2. The number of methoxy groups -OCH3 is 1. The number of nitrogens with zero attached hydrogens (tertiary/aromatic N) is 1. The third kappa shape index (κ3) is 5.20. The van der Waals surface area contributed by atoms with Crippen LogP contribution >= 0.6 is 0 Å². The molecule has 1 unspecified atom stereocenters. The van der Waals surface area contributed by atoms with E-state index < -0.39 is 12.0 Å². The van der Waals surface area contributed by atoms with Crippen molar-refractivity contribution in [2.45, 2.75) is 32.7 Å². The fourth-order valence-corrected chi connectivity index (χ4v) is 3.74. The van der Waals surface area contributed by atoms with Crippen LogP contribution in [-0.2, 0) is 11.2 Å². The number of hydrogen-bond donors (Lipinski definition) is 2. The van der Waals surface area contributed by atoms with E-state index in [4.69, 9.17) is 14.2 Å². The molecule has 3 rings (SSSR count). The lowest BCUT2D eigenvalue weighted by molar-refractivity contribution is -0.138. The topological polar surface area (TPSA) is 97.3 Å². The van der Waals surface area contributed by atoms with E-state index in [1.807, 2.05) is 26.0 Å². The van der Waals surface area contributed by atoms with Crippen LogP contribution in [0.5, 0.6) is 17.2 Å². The van der Waals surface area contributed by atoms with Crippen molar-refractivity contribution >= 4 is 17.7 Å². The minimum absolute atomic E-state index is 0.206. The Morgan fingerprint density at radius 2 is 1.74 bits per heavy atom. The number of anilines is 1. The number of carboxylic acids is 1. The molecule has 8 heteroatoms. The van der Waals surface area contributed by atoms with Gasteiger partial charge in [-0.3, -0.25) is 4.79 Å². The summed E-state index contributed by atoms with van der Waals surface area (Å²) < 4.78 is 16.6. The van der Waals surface area contributed by atoms with Crippen molar-refractivity contribution in [3.8, 4) is 17.2 Å². The van der Waals surface area contributed by atoms with Crippen molar-refractivity contribution in [2.24, 2.45) is 0 Å². The summed E-state index contributed by atoms with van der Waals surface area (Å²) in [5, 5.41) is 12.4. The summed E-state index contributed by atoms with van der Waals surface area (Å²) in [6.07, 6.45) is 0.385. The van der Waals surface area contributed by atoms with Crippen molar-refractivity contribution < 1.29 is 28.9 Å². The summed E-state index contributed by atoms with van der Waals surface area (Å²) in [5.41, 5.74) is 2.34. The van der Waals surface area contributed by atoms with Crippen LogP contribution in [0.15, 0.2) is 36.4 Å². The number of benzene rings is 2. The van der Waals surface area contributed by atoms with Crippen LogP contribution in [-0.4, -0.2) is 48.9 Å². The Hall–Kier alpha value is -3.42. The van der Waals surface area contributed by atoms with E-state index in [9.17, 15) is 14.7 Å². The molecule has 2 amide bonds. The zero-order valence-electron chi connectivity index (χ0n) is 18.0. The second kappa shape index (κ2) is 10.1. The Labute approximate surface area is 181 Å². The van der Waals surface area contributed by atoms with Gasteiger partial charge in [0.25, 0.3) is 0 Å². The first-order valence-corrected chi connectivity index (χ1v) is 10.3. The number of amides is 2. The average Bonchev–Trinajstić information content (AvgIpc) is 2.75. The molecule has 0 bridgehead atoms. The molecule has 0 aromatic heterocycles. The van der Waals surface area contributed by atoms with Gasteiger partial charge in [0.05, 0.1) is 32.8 Å². The number of carbonyl (C=O) groups excluding carboxylic acids is 1. The SMILES string of the molecule is CCOc1cc2c(cc1OCC)C(CC(=O)O)N(C(=O)Nc1ccc(OC)cc1)CC2. The first-order valence-electron chi connectivity index (χ1n) is 10.3. The second-order valence-corrected chi connectivity index (χ2v) is 7.08. The molecular formula is C23H28N2O6. The first kappa shape index (κ1) is 22.3. The molecule has 2 aromatic carbocycles. The third-order valence-corrected chi connectivity index (χ3v) is 5.13. The molecule has 166 valence electrons. The predicted molar refractivity (Wildman–Crippen MR) is 116 cm³/mol. The highest BCUT2D eigenvalue weighted by Crippen LogP contribution is 2.40. The molecule has 2 N–H and O–H groups in total. The average molecular weight is 428 g/mol. The van der Waals surface area contributed by atoms with Gasteiger partial charge in [-0.15, -0.1) is 0 Å². The Balaban J connectivity index is 1.91. The van der Waals surface area contributed by atoms with Gasteiger partial charge in [0.1, 0.15) is 5.75 Å². The maximum Gasteiger partial charge on any atom is 0.322 e. The molecule has 0 saturated heterocycles. The second-order valence-electron chi connectivity index (χ2n) is 7.08. The van der Waals surface area contributed by atoms with Crippen LogP contribution in [0, 0.1) is 0 Å². The number of aliphatic carboxylic acids is 1. The monoisotopic (exact) mass is 428 g/mol. The Kier molecular flexibility index (Phi) is 7.23. The summed E-state index contributed by atoms with van der Waals surface area (Å²) in [7, 11) is 1.57. The van der Waals surface area contributed by atoms with E-state index in [1.54, 1.807) is 36.3 Å². The molecule has 2 aromatic rings. The fraction of sp³-hybridized carbons (Fsp3) is 0.391. The molecule has 1 atom stereocenters. The summed E-state index contributed by atoms with van der Waals surface area (Å²) >= 11 is 0. The maximum absolute atomic E-state index is 13.0. The largest absolute Gasteiger partial charge is 0.497 e. The molecule has 31 heavy (non-hydrogen) atoms. The Bertz CT molecular complexity index is 928. The third-order valence-electron chi connectivity index (χ3n) is 5.13. The number of nitrogens with one attached hydrogen (secondary N) is 1. The van der Waals surface area contributed by atoms with Gasteiger partial charge in [0.2, 0.25) is 0 Å². The number of urea groups is 1. The predicted octanol–water partition coefficient (Wildman–Crippen LogP) is 4.10. The van der Waals surface area contributed by atoms with E-state index in [1.165, 1.54) is 0 Å². The molecule has 0 spiro atoms. The molecular weight excluding hydrogens is 400 g/mol. The van der Waals surface area contributed by atoms with Gasteiger partial charge in [0, 0.05) is 12.2 Å². The highest BCUT2D eigenvalue weighted by Gasteiger charge is 2.34. The van der Waals surface area contributed by atoms with Crippen LogP contribution < -0.4 is 19.5 Å². The van der Waals surface area contributed by atoms with Crippen molar-refractivity contribution in [3.63, 3.8) is 0 Å². The van der Waals surface area contributed by atoms with E-state index >= 15 is 0 Å². The number of carboxylic acid groups (broad SMARTS) is 1. The van der Waals surface area contributed by atoms with Crippen LogP contribution in [0.2, 0.25) is 0 Å². The highest BCUT2D eigenvalue weighted by molar-refractivity contribution is 5.90. The molecule has 1 aliphatic heterocycles. The fourth-order valence-electron chi connectivity index (χ4n) is 3.74. The molecule has 0 radical (unpaired) electrons. The van der Waals surface area contributed by atoms with Gasteiger partial charge in [-0.2, -0.15) is 0 Å². The lowest BCUT2D eigenvalue weighted by Gasteiger charge is -2.37. The molecule has 0 fully saturated rings. The van der Waals surface area contributed by atoms with Crippen molar-refractivity contribution in [1.29, 1.82) is 0 Å². The normalized spacial score (nSPS) is 15.1. The Morgan fingerprint density at radius 3 is 2.32 bits per heavy atom. The van der Waals surface area contributed by atoms with Crippen LogP contribution in [0.4, 0.5) is 10.5 Å². The minimum atomic E-state index is -0.980. The maximum atomic E-state index is 13.0. The van der Waals surface area contributed by atoms with Crippen molar-refractivity contribution in [2.75, 3.05) is 32.2 Å². The van der Waals surface area contributed by atoms with Gasteiger partial charge in [-0.25, -0.2) is 4.79 Å². The standard InChI is InChI=1S/C23H28N2O6/c1-4-30-20-12-15-10-11-25(23(28)24-16-6-8-17(29-3)9-7-16)19(14-22(26)27)18(15)13-21(20)31-5-2/h6-9,12-13,19H,4-5,10-11,14H2,1-3H3,(H,24,28)(H,26,27). The van der Waals surface area contributed by atoms with E-state index in [0.29, 0.717) is 49.1 Å². The number of hydrogen-bond acceptors (Lipinski definition) is 5. The van der Waals surface area contributed by atoms with E-state index in [2.05, 4.69) is 5.32 Å². The lowest BCUT2D eigenvalue weighted by Crippen LogP contribution is -2.43. The van der Waals surface area contributed by atoms with Crippen molar-refractivity contribution in [3.05, 3.63) is 47.5 Å². The molecule has 0 aliphatic carbocycles. The smallest absolute Gasteiger partial charge is 0.322 e. The van der Waals surface area contributed by atoms with Gasteiger partial charge in [0.15, 0.2) is 11.5 Å². The minimum Gasteiger partial charge on any atom is -0.497 e. The molecule has 1 heterocycles. The zero-order valence-corrected chi connectivity index (χ0v) is 18.0. The summed E-state index contributed by atoms with van der Waals surface area (Å²) in [6, 6.07) is 9.72. The van der Waals surface area contributed by atoms with Crippen LogP contribution in [0.25, 0.3) is 0 Å². The van der Waals surface area contributed by atoms with E-state index in [0.717, 1.165) is 11.1 Å². The Morgan fingerprint density at radius 1 is 1.10 bits per heavy atom. The van der Waals surface area contributed by atoms with Gasteiger partial charge in [-0.05, 0) is 67.8 Å². The van der Waals surface area contributed by atoms with Crippen LogP contribution in [0.1, 0.15) is 37.4 Å². The number of ether oxygens (including phenoxy) is 3.